The lowest BCUT2D eigenvalue weighted by Gasteiger charge is -2.09. The fourth-order valence-electron chi connectivity index (χ4n) is 2.03. The molecule has 4 nitrogen and oxygen atoms in total. The predicted molar refractivity (Wildman–Crippen MR) is 80.9 cm³/mol. The van der Waals surface area contributed by atoms with Gasteiger partial charge in [-0.05, 0) is 24.5 Å². The van der Waals surface area contributed by atoms with E-state index in [1.165, 1.54) is 5.56 Å². The monoisotopic (exact) mass is 269 g/mol. The highest BCUT2D eigenvalue weighted by Crippen LogP contribution is 2.12. The van der Waals surface area contributed by atoms with E-state index in [9.17, 15) is 4.79 Å². The molecule has 0 radical (unpaired) electrons. The minimum Gasteiger partial charge on any atom is -0.387 e. The number of carbonyl (C=O) groups is 1. The minimum atomic E-state index is -0.0875. The highest BCUT2D eigenvalue weighted by atomic mass is 16.1. The molecule has 0 aliphatic rings. The molecule has 104 valence electrons. The number of nitrogens with one attached hydrogen (secondary N) is 2. The molecular formula is C16H19N3O. The van der Waals surface area contributed by atoms with Crippen LogP contribution in [0, 0.1) is 0 Å². The van der Waals surface area contributed by atoms with Gasteiger partial charge < -0.3 is 10.6 Å². The van der Waals surface area contributed by atoms with Gasteiger partial charge in [-0.15, -0.1) is 0 Å². The molecule has 0 aliphatic heterocycles. The Morgan fingerprint density at radius 2 is 2.00 bits per heavy atom. The molecule has 0 saturated carbocycles. The Kier molecular flexibility index (Phi) is 5.12. The number of hydrogen-bond acceptors (Lipinski definition) is 3. The maximum absolute atomic E-state index is 12.0. The van der Waals surface area contributed by atoms with Gasteiger partial charge >= 0.3 is 0 Å². The van der Waals surface area contributed by atoms with Crippen molar-refractivity contribution < 1.29 is 4.79 Å². The topological polar surface area (TPSA) is 54.0 Å². The van der Waals surface area contributed by atoms with Crippen molar-refractivity contribution in [2.75, 3.05) is 18.9 Å². The summed E-state index contributed by atoms with van der Waals surface area (Å²) in [5, 5.41) is 5.92. The van der Waals surface area contributed by atoms with E-state index >= 15 is 0 Å². The van der Waals surface area contributed by atoms with E-state index in [0.29, 0.717) is 12.1 Å². The number of anilines is 1. The van der Waals surface area contributed by atoms with Crippen LogP contribution in [0.2, 0.25) is 0 Å². The normalized spacial score (nSPS) is 10.1. The third-order valence-corrected chi connectivity index (χ3v) is 3.11. The minimum absolute atomic E-state index is 0.0875. The molecule has 20 heavy (non-hydrogen) atoms. The van der Waals surface area contributed by atoms with Crippen molar-refractivity contribution in [1.82, 2.24) is 10.3 Å². The largest absolute Gasteiger partial charge is 0.387 e. The van der Waals surface area contributed by atoms with Crippen molar-refractivity contribution in [3.05, 3.63) is 59.9 Å². The second kappa shape index (κ2) is 7.28. The number of rotatable bonds is 6. The maximum Gasteiger partial charge on any atom is 0.254 e. The van der Waals surface area contributed by atoms with E-state index in [1.54, 1.807) is 25.5 Å². The number of aromatic nitrogens is 1. The fourth-order valence-corrected chi connectivity index (χ4v) is 2.03. The molecule has 2 aromatic rings. The molecular weight excluding hydrogens is 250 g/mol. The van der Waals surface area contributed by atoms with Gasteiger partial charge in [-0.2, -0.15) is 0 Å². The number of carbonyl (C=O) groups excluding carboxylic acids is 1. The van der Waals surface area contributed by atoms with Gasteiger partial charge in [0.1, 0.15) is 0 Å². The average molecular weight is 269 g/mol. The first-order chi connectivity index (χ1) is 9.81. The summed E-state index contributed by atoms with van der Waals surface area (Å²) in [5.41, 5.74) is 2.66. The van der Waals surface area contributed by atoms with Crippen LogP contribution in [0.3, 0.4) is 0 Å². The van der Waals surface area contributed by atoms with Crippen molar-refractivity contribution in [1.29, 1.82) is 0 Å². The molecule has 0 unspecified atom stereocenters. The van der Waals surface area contributed by atoms with E-state index in [1.807, 2.05) is 18.2 Å². The SMILES string of the molecule is CNc1ccncc1C(=O)NCCCc1ccccc1. The molecule has 0 atom stereocenters. The van der Waals surface area contributed by atoms with Crippen molar-refractivity contribution in [2.45, 2.75) is 12.8 Å². The van der Waals surface area contributed by atoms with Crippen LogP contribution >= 0.6 is 0 Å². The summed E-state index contributed by atoms with van der Waals surface area (Å²) in [6.07, 6.45) is 5.13. The molecule has 1 aromatic carbocycles. The number of nitrogens with zero attached hydrogens (tertiary/aromatic N) is 1. The molecule has 0 aliphatic carbocycles. The van der Waals surface area contributed by atoms with Gasteiger partial charge in [-0.25, -0.2) is 0 Å². The van der Waals surface area contributed by atoms with Gasteiger partial charge in [-0.1, -0.05) is 30.3 Å². The zero-order chi connectivity index (χ0) is 14.2. The second-order valence-corrected chi connectivity index (χ2v) is 4.52. The van der Waals surface area contributed by atoms with Crippen molar-refractivity contribution in [2.24, 2.45) is 0 Å². The van der Waals surface area contributed by atoms with Gasteiger partial charge in [0, 0.05) is 31.7 Å². The van der Waals surface area contributed by atoms with Crippen molar-refractivity contribution in [3.63, 3.8) is 0 Å². The van der Waals surface area contributed by atoms with E-state index in [4.69, 9.17) is 0 Å². The Bertz CT molecular complexity index is 555. The summed E-state index contributed by atoms with van der Waals surface area (Å²) >= 11 is 0. The van der Waals surface area contributed by atoms with Gasteiger partial charge in [0.2, 0.25) is 0 Å². The summed E-state index contributed by atoms with van der Waals surface area (Å²) in [7, 11) is 1.79. The molecule has 0 spiro atoms. The number of pyridine rings is 1. The van der Waals surface area contributed by atoms with Crippen molar-refractivity contribution in [3.8, 4) is 0 Å². The maximum atomic E-state index is 12.0. The highest BCUT2D eigenvalue weighted by Gasteiger charge is 2.09. The van der Waals surface area contributed by atoms with Crippen molar-refractivity contribution >= 4 is 11.6 Å². The molecule has 0 bridgehead atoms. The summed E-state index contributed by atoms with van der Waals surface area (Å²) < 4.78 is 0. The fraction of sp³-hybridized carbons (Fsp3) is 0.250. The van der Waals surface area contributed by atoms with Gasteiger partial charge in [0.15, 0.2) is 0 Å². The smallest absolute Gasteiger partial charge is 0.254 e. The lowest BCUT2D eigenvalue weighted by molar-refractivity contribution is 0.0953. The zero-order valence-electron chi connectivity index (χ0n) is 11.6. The lowest BCUT2D eigenvalue weighted by Crippen LogP contribution is -2.25. The standard InChI is InChI=1S/C16H19N3O/c1-17-15-9-11-18-12-14(15)16(20)19-10-5-8-13-6-3-2-4-7-13/h2-4,6-7,9,11-12H,5,8,10H2,1H3,(H,17,18)(H,19,20). The molecule has 1 aromatic heterocycles. The van der Waals surface area contributed by atoms with Crippen LogP contribution in [-0.2, 0) is 6.42 Å². The first-order valence-electron chi connectivity index (χ1n) is 6.75. The van der Waals surface area contributed by atoms with Crippen LogP contribution in [0.5, 0.6) is 0 Å². The van der Waals surface area contributed by atoms with E-state index < -0.39 is 0 Å². The summed E-state index contributed by atoms with van der Waals surface area (Å²) in [5.74, 6) is -0.0875. The molecule has 1 amide bonds. The second-order valence-electron chi connectivity index (χ2n) is 4.52. The van der Waals surface area contributed by atoms with E-state index in [0.717, 1.165) is 18.5 Å². The number of benzene rings is 1. The van der Waals surface area contributed by atoms with Crippen LogP contribution in [0.25, 0.3) is 0 Å². The van der Waals surface area contributed by atoms with Gasteiger partial charge in [0.25, 0.3) is 5.91 Å². The Morgan fingerprint density at radius 3 is 2.75 bits per heavy atom. The Hall–Kier alpha value is -2.36. The molecule has 1 heterocycles. The molecule has 0 fully saturated rings. The van der Waals surface area contributed by atoms with Crippen LogP contribution in [-0.4, -0.2) is 24.5 Å². The quantitative estimate of drug-likeness (QED) is 0.792. The zero-order valence-corrected chi connectivity index (χ0v) is 11.6. The molecule has 4 heteroatoms. The predicted octanol–water partition coefficient (Wildman–Crippen LogP) is 2.49. The number of aryl methyl sites for hydroxylation is 1. The van der Waals surface area contributed by atoms with E-state index in [2.05, 4.69) is 27.8 Å². The Labute approximate surface area is 119 Å². The highest BCUT2D eigenvalue weighted by molar-refractivity contribution is 5.99. The number of hydrogen-bond donors (Lipinski definition) is 2. The summed E-state index contributed by atoms with van der Waals surface area (Å²) in [6.45, 7) is 0.659. The third-order valence-electron chi connectivity index (χ3n) is 3.11. The Balaban J connectivity index is 1.81. The Morgan fingerprint density at radius 1 is 1.20 bits per heavy atom. The number of amides is 1. The first kappa shape index (κ1) is 14.1. The lowest BCUT2D eigenvalue weighted by atomic mass is 10.1. The van der Waals surface area contributed by atoms with Crippen LogP contribution in [0.15, 0.2) is 48.8 Å². The average Bonchev–Trinajstić information content (AvgIpc) is 2.52. The van der Waals surface area contributed by atoms with Crippen LogP contribution < -0.4 is 10.6 Å². The van der Waals surface area contributed by atoms with E-state index in [-0.39, 0.29) is 5.91 Å². The molecule has 2 rings (SSSR count). The van der Waals surface area contributed by atoms with Gasteiger partial charge in [-0.3, -0.25) is 9.78 Å². The van der Waals surface area contributed by atoms with Gasteiger partial charge in [0.05, 0.1) is 5.56 Å². The first-order valence-corrected chi connectivity index (χ1v) is 6.75. The molecule has 2 N–H and O–H groups in total. The summed E-state index contributed by atoms with van der Waals surface area (Å²) in [6, 6.07) is 12.1. The van der Waals surface area contributed by atoms with Crippen LogP contribution in [0.1, 0.15) is 22.3 Å². The molecule has 0 saturated heterocycles. The third kappa shape index (κ3) is 3.82. The summed E-state index contributed by atoms with van der Waals surface area (Å²) in [4.78, 5) is 16.0. The van der Waals surface area contributed by atoms with Crippen LogP contribution in [0.4, 0.5) is 5.69 Å².